The first-order valence-corrected chi connectivity index (χ1v) is 6.40. The zero-order valence-corrected chi connectivity index (χ0v) is 11.3. The summed E-state index contributed by atoms with van der Waals surface area (Å²) in [5.74, 6) is 0.970. The van der Waals surface area contributed by atoms with Gasteiger partial charge in [0.1, 0.15) is 18.1 Å². The lowest BCUT2D eigenvalue weighted by Crippen LogP contribution is -1.97. The second-order valence-corrected chi connectivity index (χ2v) is 4.52. The quantitative estimate of drug-likeness (QED) is 0.800. The zero-order valence-electron chi connectivity index (χ0n) is 11.3. The molecule has 0 aliphatic rings. The number of Topliss-reactive ketones (excluding diaryl/α,β-unsaturated/α-hetero) is 1. The van der Waals surface area contributed by atoms with Crippen LogP contribution in [0.5, 0.6) is 5.75 Å². The van der Waals surface area contributed by atoms with Crippen LogP contribution in [0.4, 0.5) is 0 Å². The Morgan fingerprint density at radius 3 is 2.58 bits per heavy atom. The predicted molar refractivity (Wildman–Crippen MR) is 73.1 cm³/mol. The molecule has 0 aliphatic heterocycles. The van der Waals surface area contributed by atoms with Crippen molar-refractivity contribution in [3.63, 3.8) is 0 Å². The normalized spacial score (nSPS) is 10.4. The second-order valence-electron chi connectivity index (χ2n) is 4.52. The van der Waals surface area contributed by atoms with Crippen molar-refractivity contribution in [1.29, 1.82) is 0 Å². The van der Waals surface area contributed by atoms with Crippen molar-refractivity contribution in [3.8, 4) is 5.75 Å². The van der Waals surface area contributed by atoms with Gasteiger partial charge in [-0.05, 0) is 31.5 Å². The monoisotopic (exact) mass is 258 g/mol. The molecule has 0 saturated carbocycles. The molecule has 0 radical (unpaired) electrons. The van der Waals surface area contributed by atoms with Crippen LogP contribution in [-0.4, -0.2) is 15.6 Å². The highest BCUT2D eigenvalue weighted by Gasteiger charge is 2.01. The summed E-state index contributed by atoms with van der Waals surface area (Å²) >= 11 is 0. The standard InChI is InChI=1S/C15H18N2O2/c1-3-17-10-14(9-16-17)11-19-15-6-4-13(5-7-15)8-12(2)18/h4-7,9-10H,3,8,11H2,1-2H3. The van der Waals surface area contributed by atoms with Gasteiger partial charge < -0.3 is 4.74 Å². The van der Waals surface area contributed by atoms with Gasteiger partial charge in [0.2, 0.25) is 0 Å². The van der Waals surface area contributed by atoms with E-state index >= 15 is 0 Å². The molecule has 0 spiro atoms. The summed E-state index contributed by atoms with van der Waals surface area (Å²) in [4.78, 5) is 11.0. The van der Waals surface area contributed by atoms with Gasteiger partial charge in [0, 0.05) is 24.7 Å². The number of aryl methyl sites for hydroxylation is 1. The van der Waals surface area contributed by atoms with Gasteiger partial charge in [-0.25, -0.2) is 0 Å². The molecule has 100 valence electrons. The van der Waals surface area contributed by atoms with E-state index in [0.717, 1.165) is 23.4 Å². The Bertz CT molecular complexity index is 544. The van der Waals surface area contributed by atoms with E-state index in [1.807, 2.05) is 48.3 Å². The summed E-state index contributed by atoms with van der Waals surface area (Å²) in [6.07, 6.45) is 4.27. The van der Waals surface area contributed by atoms with Crippen molar-refractivity contribution in [3.05, 3.63) is 47.8 Å². The van der Waals surface area contributed by atoms with Crippen LogP contribution < -0.4 is 4.74 Å². The van der Waals surface area contributed by atoms with Crippen LogP contribution in [-0.2, 0) is 24.4 Å². The molecular formula is C15H18N2O2. The maximum Gasteiger partial charge on any atom is 0.134 e. The van der Waals surface area contributed by atoms with Crippen molar-refractivity contribution in [2.45, 2.75) is 33.4 Å². The van der Waals surface area contributed by atoms with Gasteiger partial charge in [-0.2, -0.15) is 5.10 Å². The Morgan fingerprint density at radius 2 is 2.00 bits per heavy atom. The predicted octanol–water partition coefficient (Wildman–Crippen LogP) is 2.61. The van der Waals surface area contributed by atoms with Gasteiger partial charge in [-0.1, -0.05) is 12.1 Å². The maximum atomic E-state index is 11.0. The fourth-order valence-corrected chi connectivity index (χ4v) is 1.81. The van der Waals surface area contributed by atoms with Crippen LogP contribution in [0, 0.1) is 0 Å². The number of hydrogen-bond donors (Lipinski definition) is 0. The minimum absolute atomic E-state index is 0.167. The number of rotatable bonds is 6. The molecule has 0 unspecified atom stereocenters. The number of nitrogens with zero attached hydrogens (tertiary/aromatic N) is 2. The number of carbonyl (C=O) groups is 1. The number of carbonyl (C=O) groups excluding carboxylic acids is 1. The molecular weight excluding hydrogens is 240 g/mol. The van der Waals surface area contributed by atoms with Gasteiger partial charge >= 0.3 is 0 Å². The number of benzene rings is 1. The highest BCUT2D eigenvalue weighted by atomic mass is 16.5. The van der Waals surface area contributed by atoms with Crippen LogP contribution >= 0.6 is 0 Å². The van der Waals surface area contributed by atoms with E-state index in [1.54, 1.807) is 6.92 Å². The van der Waals surface area contributed by atoms with E-state index in [4.69, 9.17) is 4.74 Å². The lowest BCUT2D eigenvalue weighted by atomic mass is 10.1. The van der Waals surface area contributed by atoms with E-state index in [-0.39, 0.29) is 5.78 Å². The van der Waals surface area contributed by atoms with E-state index < -0.39 is 0 Å². The minimum Gasteiger partial charge on any atom is -0.489 e. The third-order valence-electron chi connectivity index (χ3n) is 2.79. The smallest absolute Gasteiger partial charge is 0.134 e. The fraction of sp³-hybridized carbons (Fsp3) is 0.333. The van der Waals surface area contributed by atoms with Crippen molar-refractivity contribution >= 4 is 5.78 Å². The highest BCUT2D eigenvalue weighted by Crippen LogP contribution is 2.14. The first kappa shape index (κ1) is 13.3. The molecule has 0 bridgehead atoms. The molecule has 2 rings (SSSR count). The number of ether oxygens (including phenoxy) is 1. The lowest BCUT2D eigenvalue weighted by Gasteiger charge is -2.05. The minimum atomic E-state index is 0.167. The van der Waals surface area contributed by atoms with Gasteiger partial charge in [0.25, 0.3) is 0 Å². The van der Waals surface area contributed by atoms with E-state index in [2.05, 4.69) is 5.10 Å². The van der Waals surface area contributed by atoms with E-state index in [1.165, 1.54) is 0 Å². The number of aromatic nitrogens is 2. The second kappa shape index (κ2) is 6.18. The lowest BCUT2D eigenvalue weighted by molar-refractivity contribution is -0.116. The number of hydrogen-bond acceptors (Lipinski definition) is 3. The van der Waals surface area contributed by atoms with Crippen LogP contribution in [0.25, 0.3) is 0 Å². The highest BCUT2D eigenvalue weighted by molar-refractivity contribution is 5.78. The third-order valence-corrected chi connectivity index (χ3v) is 2.79. The zero-order chi connectivity index (χ0) is 13.7. The molecule has 0 amide bonds. The topological polar surface area (TPSA) is 44.1 Å². The van der Waals surface area contributed by atoms with Crippen molar-refractivity contribution in [1.82, 2.24) is 9.78 Å². The molecule has 1 heterocycles. The Morgan fingerprint density at radius 1 is 1.26 bits per heavy atom. The van der Waals surface area contributed by atoms with Gasteiger partial charge in [-0.15, -0.1) is 0 Å². The summed E-state index contributed by atoms with van der Waals surface area (Å²) in [7, 11) is 0. The van der Waals surface area contributed by atoms with Crippen molar-refractivity contribution < 1.29 is 9.53 Å². The number of ketones is 1. The van der Waals surface area contributed by atoms with Crippen molar-refractivity contribution in [2.24, 2.45) is 0 Å². The molecule has 0 aliphatic carbocycles. The summed E-state index contributed by atoms with van der Waals surface area (Å²) in [6.45, 7) is 5.01. The largest absolute Gasteiger partial charge is 0.489 e. The molecule has 0 fully saturated rings. The molecule has 2 aromatic rings. The molecule has 19 heavy (non-hydrogen) atoms. The average Bonchev–Trinajstić information content (AvgIpc) is 2.85. The molecule has 1 aromatic heterocycles. The van der Waals surface area contributed by atoms with Gasteiger partial charge in [0.05, 0.1) is 6.20 Å². The van der Waals surface area contributed by atoms with E-state index in [9.17, 15) is 4.79 Å². The first-order chi connectivity index (χ1) is 9.17. The summed E-state index contributed by atoms with van der Waals surface area (Å²) in [5.41, 5.74) is 2.06. The van der Waals surface area contributed by atoms with Crippen LogP contribution in [0.3, 0.4) is 0 Å². The Hall–Kier alpha value is -2.10. The first-order valence-electron chi connectivity index (χ1n) is 6.40. The SMILES string of the molecule is CCn1cc(COc2ccc(CC(C)=O)cc2)cn1. The molecule has 4 heteroatoms. The molecule has 0 N–H and O–H groups in total. The van der Waals surface area contributed by atoms with Crippen LogP contribution in [0.1, 0.15) is 25.0 Å². The van der Waals surface area contributed by atoms with Crippen LogP contribution in [0.15, 0.2) is 36.7 Å². The molecule has 4 nitrogen and oxygen atoms in total. The molecule has 0 saturated heterocycles. The summed E-state index contributed by atoms with van der Waals surface area (Å²) < 4.78 is 7.54. The maximum absolute atomic E-state index is 11.0. The third kappa shape index (κ3) is 3.95. The Labute approximate surface area is 113 Å². The fourth-order valence-electron chi connectivity index (χ4n) is 1.81. The van der Waals surface area contributed by atoms with Crippen LogP contribution in [0.2, 0.25) is 0 Å². The van der Waals surface area contributed by atoms with Gasteiger partial charge in [-0.3, -0.25) is 9.48 Å². The van der Waals surface area contributed by atoms with Gasteiger partial charge in [0.15, 0.2) is 0 Å². The summed E-state index contributed by atoms with van der Waals surface area (Å²) in [5, 5.41) is 4.19. The Kier molecular flexibility index (Phi) is 4.34. The van der Waals surface area contributed by atoms with Crippen molar-refractivity contribution in [2.75, 3.05) is 0 Å². The molecule has 0 atom stereocenters. The van der Waals surface area contributed by atoms with E-state index in [0.29, 0.717) is 13.0 Å². The molecule has 1 aromatic carbocycles. The Balaban J connectivity index is 1.90. The average molecular weight is 258 g/mol. The summed E-state index contributed by atoms with van der Waals surface area (Å²) in [6, 6.07) is 7.63.